The summed E-state index contributed by atoms with van der Waals surface area (Å²) in [6.07, 6.45) is 4.31. The SMILES string of the molecule is CCCn1c(SCC(=O)Nc2ccc3c(c2)OCO3)nc2nc(N3CCCCC3)sc2c1=O. The number of hydrogen-bond acceptors (Lipinski definition) is 9. The highest BCUT2D eigenvalue weighted by molar-refractivity contribution is 7.99. The van der Waals surface area contributed by atoms with Crippen LogP contribution in [-0.2, 0) is 11.3 Å². The van der Waals surface area contributed by atoms with Gasteiger partial charge in [-0.05, 0) is 37.8 Å². The number of thiazole rings is 1. The Morgan fingerprint density at radius 2 is 2.00 bits per heavy atom. The lowest BCUT2D eigenvalue weighted by Crippen LogP contribution is -2.29. The molecule has 1 N–H and O–H groups in total. The van der Waals surface area contributed by atoms with Crippen LogP contribution in [0.25, 0.3) is 10.3 Å². The number of benzene rings is 1. The molecule has 0 unspecified atom stereocenters. The molecule has 0 atom stereocenters. The Balaban J connectivity index is 1.34. The molecular weight excluding hydrogens is 462 g/mol. The van der Waals surface area contributed by atoms with Gasteiger partial charge in [-0.25, -0.2) is 4.98 Å². The van der Waals surface area contributed by atoms with E-state index in [-0.39, 0.29) is 24.0 Å². The molecule has 2 aromatic heterocycles. The minimum absolute atomic E-state index is 0.0821. The van der Waals surface area contributed by atoms with Crippen LogP contribution in [0.1, 0.15) is 32.6 Å². The fraction of sp³-hybridized carbons (Fsp3) is 0.455. The summed E-state index contributed by atoms with van der Waals surface area (Å²) >= 11 is 2.67. The molecule has 174 valence electrons. The van der Waals surface area contributed by atoms with E-state index in [2.05, 4.69) is 20.2 Å². The molecule has 1 saturated heterocycles. The third kappa shape index (κ3) is 4.65. The zero-order valence-corrected chi connectivity index (χ0v) is 20.0. The van der Waals surface area contributed by atoms with Gasteiger partial charge >= 0.3 is 0 Å². The van der Waals surface area contributed by atoms with E-state index in [1.165, 1.54) is 29.5 Å². The third-order valence-corrected chi connectivity index (χ3v) is 7.60. The number of anilines is 2. The molecule has 0 saturated carbocycles. The van der Waals surface area contributed by atoms with E-state index in [4.69, 9.17) is 9.47 Å². The first-order chi connectivity index (χ1) is 16.1. The van der Waals surface area contributed by atoms with Gasteiger partial charge in [0.25, 0.3) is 5.56 Å². The molecular formula is C22H25N5O4S2. The van der Waals surface area contributed by atoms with E-state index >= 15 is 0 Å². The average Bonchev–Trinajstić information content (AvgIpc) is 3.47. The lowest BCUT2D eigenvalue weighted by Gasteiger charge is -2.25. The fourth-order valence-electron chi connectivity index (χ4n) is 3.93. The second kappa shape index (κ2) is 9.60. The highest BCUT2D eigenvalue weighted by Gasteiger charge is 2.21. The monoisotopic (exact) mass is 487 g/mol. The van der Waals surface area contributed by atoms with Gasteiger partial charge in [-0.15, -0.1) is 0 Å². The maximum Gasteiger partial charge on any atom is 0.273 e. The number of carbonyl (C=O) groups is 1. The van der Waals surface area contributed by atoms with Crippen molar-refractivity contribution in [1.82, 2.24) is 14.5 Å². The van der Waals surface area contributed by atoms with Crippen molar-refractivity contribution >= 4 is 50.2 Å². The van der Waals surface area contributed by atoms with Gasteiger partial charge in [-0.2, -0.15) is 4.98 Å². The smallest absolute Gasteiger partial charge is 0.273 e. The Morgan fingerprint density at radius 3 is 2.82 bits per heavy atom. The molecule has 0 spiro atoms. The molecule has 5 rings (SSSR count). The number of nitrogens with one attached hydrogen (secondary N) is 1. The normalized spacial score (nSPS) is 15.2. The Morgan fingerprint density at radius 1 is 1.18 bits per heavy atom. The van der Waals surface area contributed by atoms with E-state index in [1.54, 1.807) is 22.8 Å². The highest BCUT2D eigenvalue weighted by Crippen LogP contribution is 2.34. The van der Waals surface area contributed by atoms with Gasteiger partial charge in [0.1, 0.15) is 4.70 Å². The van der Waals surface area contributed by atoms with Crippen LogP contribution < -0.4 is 25.2 Å². The molecule has 3 aromatic rings. The predicted molar refractivity (Wildman–Crippen MR) is 130 cm³/mol. The Bertz CT molecular complexity index is 1240. The summed E-state index contributed by atoms with van der Waals surface area (Å²) in [5.41, 5.74) is 1.02. The Kier molecular flexibility index (Phi) is 6.41. The van der Waals surface area contributed by atoms with Gasteiger partial charge in [-0.3, -0.25) is 14.2 Å². The zero-order valence-electron chi connectivity index (χ0n) is 18.3. The van der Waals surface area contributed by atoms with Crippen LogP contribution in [0.5, 0.6) is 11.5 Å². The maximum atomic E-state index is 13.2. The van der Waals surface area contributed by atoms with Gasteiger partial charge in [-0.1, -0.05) is 30.0 Å². The number of thioether (sulfide) groups is 1. The summed E-state index contributed by atoms with van der Waals surface area (Å²) in [5, 5.41) is 4.24. The van der Waals surface area contributed by atoms with Crippen LogP contribution in [0, 0.1) is 0 Å². The van der Waals surface area contributed by atoms with Gasteiger partial charge in [0.15, 0.2) is 27.4 Å². The summed E-state index contributed by atoms with van der Waals surface area (Å²) in [6.45, 7) is 4.67. The number of hydrogen-bond donors (Lipinski definition) is 1. The van der Waals surface area contributed by atoms with Crippen LogP contribution in [0.3, 0.4) is 0 Å². The van der Waals surface area contributed by atoms with E-state index in [1.807, 2.05) is 6.92 Å². The molecule has 2 aliphatic heterocycles. The van der Waals surface area contributed by atoms with Gasteiger partial charge in [0, 0.05) is 31.4 Å². The van der Waals surface area contributed by atoms with Crippen molar-refractivity contribution < 1.29 is 14.3 Å². The minimum Gasteiger partial charge on any atom is -0.454 e. The number of carbonyl (C=O) groups excluding carboxylic acids is 1. The molecule has 33 heavy (non-hydrogen) atoms. The first-order valence-electron chi connectivity index (χ1n) is 11.1. The Hall–Kier alpha value is -2.79. The van der Waals surface area contributed by atoms with Crippen LogP contribution in [0.2, 0.25) is 0 Å². The van der Waals surface area contributed by atoms with E-state index in [0.29, 0.717) is 39.2 Å². The highest BCUT2D eigenvalue weighted by atomic mass is 32.2. The quantitative estimate of drug-likeness (QED) is 0.398. The lowest BCUT2D eigenvalue weighted by molar-refractivity contribution is -0.113. The summed E-state index contributed by atoms with van der Waals surface area (Å²) in [6, 6.07) is 5.27. The fourth-order valence-corrected chi connectivity index (χ4v) is 5.75. The molecule has 9 nitrogen and oxygen atoms in total. The Labute approximate surface area is 199 Å². The average molecular weight is 488 g/mol. The van der Waals surface area contributed by atoms with Gasteiger partial charge in [0.05, 0.1) is 5.75 Å². The molecule has 0 aliphatic carbocycles. The number of ether oxygens (including phenoxy) is 2. The number of rotatable bonds is 7. The number of nitrogens with zero attached hydrogens (tertiary/aromatic N) is 4. The molecule has 2 aliphatic rings. The molecule has 1 amide bonds. The summed E-state index contributed by atoms with van der Waals surface area (Å²) in [4.78, 5) is 37.4. The van der Waals surface area contributed by atoms with Crippen molar-refractivity contribution in [3.8, 4) is 11.5 Å². The molecule has 1 fully saturated rings. The first-order valence-corrected chi connectivity index (χ1v) is 12.9. The number of piperidine rings is 1. The molecule has 11 heteroatoms. The second-order valence-corrected chi connectivity index (χ2v) is 9.87. The van der Waals surface area contributed by atoms with Crippen molar-refractivity contribution in [2.45, 2.75) is 44.3 Å². The molecule has 4 heterocycles. The van der Waals surface area contributed by atoms with Gasteiger partial charge in [0.2, 0.25) is 12.7 Å². The number of aromatic nitrogens is 3. The summed E-state index contributed by atoms with van der Waals surface area (Å²) in [7, 11) is 0. The van der Waals surface area contributed by atoms with E-state index in [0.717, 1.165) is 37.5 Å². The third-order valence-electron chi connectivity index (χ3n) is 5.53. The van der Waals surface area contributed by atoms with Crippen molar-refractivity contribution in [1.29, 1.82) is 0 Å². The van der Waals surface area contributed by atoms with Crippen molar-refractivity contribution in [3.05, 3.63) is 28.6 Å². The van der Waals surface area contributed by atoms with E-state index in [9.17, 15) is 9.59 Å². The van der Waals surface area contributed by atoms with Crippen LogP contribution in [-0.4, -0.2) is 46.1 Å². The van der Waals surface area contributed by atoms with Crippen LogP contribution in [0.4, 0.5) is 10.8 Å². The minimum atomic E-state index is -0.191. The van der Waals surface area contributed by atoms with Crippen molar-refractivity contribution in [3.63, 3.8) is 0 Å². The second-order valence-electron chi connectivity index (χ2n) is 7.95. The first kappa shape index (κ1) is 22.0. The molecule has 0 radical (unpaired) electrons. The van der Waals surface area contributed by atoms with Crippen molar-refractivity contribution in [2.75, 3.05) is 35.9 Å². The summed E-state index contributed by atoms with van der Waals surface area (Å²) in [5.74, 6) is 1.20. The number of fused-ring (bicyclic) bond motifs is 2. The van der Waals surface area contributed by atoms with E-state index < -0.39 is 0 Å². The standard InChI is InChI=1S/C22H25N5O4S2/c1-2-8-27-20(29)18-19(24-21(33-18)26-9-4-3-5-10-26)25-22(27)32-12-17(28)23-14-6-7-15-16(11-14)31-13-30-15/h6-7,11H,2-5,8-10,12-13H2,1H3,(H,23,28). The zero-order chi connectivity index (χ0) is 22.8. The van der Waals surface area contributed by atoms with Crippen molar-refractivity contribution in [2.24, 2.45) is 0 Å². The molecule has 0 bridgehead atoms. The molecule has 1 aromatic carbocycles. The van der Waals surface area contributed by atoms with Gasteiger partial charge < -0.3 is 19.7 Å². The lowest BCUT2D eigenvalue weighted by atomic mass is 10.1. The summed E-state index contributed by atoms with van der Waals surface area (Å²) < 4.78 is 12.9. The topological polar surface area (TPSA) is 98.6 Å². The largest absolute Gasteiger partial charge is 0.454 e. The number of amides is 1. The van der Waals surface area contributed by atoms with Crippen LogP contribution >= 0.6 is 23.1 Å². The maximum absolute atomic E-state index is 13.2. The van der Waals surface area contributed by atoms with Crippen LogP contribution in [0.15, 0.2) is 28.2 Å². The predicted octanol–water partition coefficient (Wildman–Crippen LogP) is 3.71.